The summed E-state index contributed by atoms with van der Waals surface area (Å²) < 4.78 is 10.9. The highest BCUT2D eigenvalue weighted by Crippen LogP contribution is 2.28. The van der Waals surface area contributed by atoms with Crippen LogP contribution in [-0.2, 0) is 9.47 Å². The van der Waals surface area contributed by atoms with Crippen LogP contribution in [0.5, 0.6) is 0 Å². The Balaban J connectivity index is 2.34. The minimum absolute atomic E-state index is 0.349. The molecule has 0 radical (unpaired) electrons. The predicted molar refractivity (Wildman–Crippen MR) is 78.3 cm³/mol. The van der Waals surface area contributed by atoms with Gasteiger partial charge >= 0.3 is 11.9 Å². The Kier molecular flexibility index (Phi) is 3.81. The second kappa shape index (κ2) is 5.25. The molecule has 20 heavy (non-hydrogen) atoms. The number of benzene rings is 1. The van der Waals surface area contributed by atoms with Crippen LogP contribution in [0.15, 0.2) is 24.3 Å². The normalized spacial score (nSPS) is 11.4. The Hall–Kier alpha value is -1.88. The first-order valence-electron chi connectivity index (χ1n) is 6.15. The third-order valence-corrected chi connectivity index (χ3v) is 3.63. The van der Waals surface area contributed by atoms with Crippen molar-refractivity contribution in [2.75, 3.05) is 7.11 Å². The minimum atomic E-state index is -0.523. The van der Waals surface area contributed by atoms with Crippen molar-refractivity contribution in [3.63, 3.8) is 0 Å². The molecule has 0 spiro atoms. The second-order valence-electron chi connectivity index (χ2n) is 5.36. The summed E-state index contributed by atoms with van der Waals surface area (Å²) in [7, 11) is 1.34. The lowest BCUT2D eigenvalue weighted by molar-refractivity contribution is 0.00751. The van der Waals surface area contributed by atoms with Crippen LogP contribution in [0.25, 0.3) is 10.1 Å². The number of hydrogen-bond acceptors (Lipinski definition) is 5. The molecule has 5 heteroatoms. The maximum Gasteiger partial charge on any atom is 0.348 e. The zero-order chi connectivity index (χ0) is 14.9. The molecular formula is C15H16O4S. The van der Waals surface area contributed by atoms with Crippen molar-refractivity contribution < 1.29 is 19.1 Å². The Morgan fingerprint density at radius 2 is 1.80 bits per heavy atom. The van der Waals surface area contributed by atoms with Crippen molar-refractivity contribution in [3.8, 4) is 0 Å². The van der Waals surface area contributed by atoms with Gasteiger partial charge in [0.25, 0.3) is 0 Å². The van der Waals surface area contributed by atoms with Crippen molar-refractivity contribution in [1.29, 1.82) is 0 Å². The molecule has 2 rings (SSSR count). The van der Waals surface area contributed by atoms with Gasteiger partial charge in [0.05, 0.1) is 12.7 Å². The first-order valence-corrected chi connectivity index (χ1v) is 6.97. The van der Waals surface area contributed by atoms with Gasteiger partial charge in [0.1, 0.15) is 10.5 Å². The fourth-order valence-corrected chi connectivity index (χ4v) is 2.64. The maximum atomic E-state index is 12.0. The molecule has 1 aromatic heterocycles. The number of carbonyl (C=O) groups is 2. The van der Waals surface area contributed by atoms with Crippen LogP contribution in [0.2, 0.25) is 0 Å². The Bertz CT molecular complexity index is 664. The van der Waals surface area contributed by atoms with E-state index in [4.69, 9.17) is 4.74 Å². The molecular weight excluding hydrogens is 276 g/mol. The van der Waals surface area contributed by atoms with E-state index in [1.165, 1.54) is 18.4 Å². The summed E-state index contributed by atoms with van der Waals surface area (Å²) in [4.78, 5) is 24.0. The van der Waals surface area contributed by atoms with Gasteiger partial charge in [-0.2, -0.15) is 0 Å². The van der Waals surface area contributed by atoms with E-state index in [9.17, 15) is 9.59 Å². The van der Waals surface area contributed by atoms with Gasteiger partial charge in [0, 0.05) is 4.70 Å². The largest absolute Gasteiger partial charge is 0.465 e. The molecule has 1 aromatic carbocycles. The van der Waals surface area contributed by atoms with E-state index in [0.29, 0.717) is 10.4 Å². The quantitative estimate of drug-likeness (QED) is 0.793. The zero-order valence-electron chi connectivity index (χ0n) is 11.9. The highest BCUT2D eigenvalue weighted by Gasteiger charge is 2.20. The van der Waals surface area contributed by atoms with Crippen LogP contribution in [0.1, 0.15) is 40.8 Å². The average Bonchev–Trinajstić information content (AvgIpc) is 2.78. The molecule has 2 aromatic rings. The number of rotatable bonds is 2. The third-order valence-electron chi connectivity index (χ3n) is 2.54. The number of carbonyl (C=O) groups excluding carboxylic acids is 2. The van der Waals surface area contributed by atoms with E-state index in [-0.39, 0.29) is 5.97 Å². The third kappa shape index (κ3) is 3.17. The first kappa shape index (κ1) is 14.5. The molecule has 0 aliphatic carbocycles. The van der Waals surface area contributed by atoms with Crippen molar-refractivity contribution in [3.05, 3.63) is 34.7 Å². The number of ether oxygens (including phenoxy) is 2. The number of hydrogen-bond donors (Lipinski definition) is 0. The van der Waals surface area contributed by atoms with Gasteiger partial charge in [-0.05, 0) is 50.4 Å². The monoisotopic (exact) mass is 292 g/mol. The molecule has 0 aliphatic rings. The molecule has 0 saturated heterocycles. The van der Waals surface area contributed by atoms with Crippen LogP contribution >= 0.6 is 11.3 Å². The first-order chi connectivity index (χ1) is 9.30. The highest BCUT2D eigenvalue weighted by atomic mass is 32.1. The predicted octanol–water partition coefficient (Wildman–Crippen LogP) is 3.64. The lowest BCUT2D eigenvalue weighted by atomic mass is 10.1. The van der Waals surface area contributed by atoms with Gasteiger partial charge < -0.3 is 9.47 Å². The maximum absolute atomic E-state index is 12.0. The van der Waals surface area contributed by atoms with Crippen LogP contribution in [0.3, 0.4) is 0 Å². The molecule has 0 N–H and O–H groups in total. The van der Waals surface area contributed by atoms with Crippen LogP contribution in [0, 0.1) is 0 Å². The molecule has 1 heterocycles. The van der Waals surface area contributed by atoms with Crippen LogP contribution in [0.4, 0.5) is 0 Å². The summed E-state index contributed by atoms with van der Waals surface area (Å²) in [5, 5.41) is 0.832. The van der Waals surface area contributed by atoms with Crippen molar-refractivity contribution >= 4 is 33.4 Å². The molecule has 0 amide bonds. The number of thiophene rings is 1. The van der Waals surface area contributed by atoms with E-state index in [2.05, 4.69) is 4.74 Å². The summed E-state index contributed by atoms with van der Waals surface area (Å²) in [5.74, 6) is -0.741. The molecule has 0 bridgehead atoms. The lowest BCUT2D eigenvalue weighted by Gasteiger charge is -2.18. The van der Waals surface area contributed by atoms with Crippen molar-refractivity contribution in [1.82, 2.24) is 0 Å². The smallest absolute Gasteiger partial charge is 0.348 e. The molecule has 4 nitrogen and oxygen atoms in total. The highest BCUT2D eigenvalue weighted by molar-refractivity contribution is 7.20. The molecule has 0 atom stereocenters. The van der Waals surface area contributed by atoms with Gasteiger partial charge in [0.15, 0.2) is 0 Å². The van der Waals surface area contributed by atoms with Gasteiger partial charge in [-0.1, -0.05) is 0 Å². The van der Waals surface area contributed by atoms with Crippen LogP contribution < -0.4 is 0 Å². The van der Waals surface area contributed by atoms with Gasteiger partial charge in [-0.3, -0.25) is 0 Å². The Morgan fingerprint density at radius 1 is 1.10 bits per heavy atom. The fraction of sp³-hybridized carbons (Fsp3) is 0.333. The van der Waals surface area contributed by atoms with Crippen molar-refractivity contribution in [2.45, 2.75) is 26.4 Å². The topological polar surface area (TPSA) is 52.6 Å². The number of methoxy groups -OCH3 is 1. The van der Waals surface area contributed by atoms with Gasteiger partial charge in [0.2, 0.25) is 0 Å². The molecule has 106 valence electrons. The van der Waals surface area contributed by atoms with Crippen LogP contribution in [-0.4, -0.2) is 24.6 Å². The Morgan fingerprint density at radius 3 is 2.40 bits per heavy atom. The molecule has 0 unspecified atom stereocenters. The minimum Gasteiger partial charge on any atom is -0.465 e. The molecule has 0 fully saturated rings. The van der Waals surface area contributed by atoms with E-state index >= 15 is 0 Å². The zero-order valence-corrected chi connectivity index (χ0v) is 12.7. The SMILES string of the molecule is COC(=O)c1ccc2sc(C(=O)OC(C)(C)C)cc2c1. The van der Waals surface area contributed by atoms with E-state index in [1.54, 1.807) is 24.3 Å². The fourth-order valence-electron chi connectivity index (χ4n) is 1.72. The summed E-state index contributed by atoms with van der Waals surface area (Å²) >= 11 is 1.35. The summed E-state index contributed by atoms with van der Waals surface area (Å²) in [6, 6.07) is 6.94. The van der Waals surface area contributed by atoms with E-state index in [1.807, 2.05) is 20.8 Å². The Labute approximate surface area is 121 Å². The summed E-state index contributed by atoms with van der Waals surface area (Å²) in [6.45, 7) is 5.48. The van der Waals surface area contributed by atoms with Crippen molar-refractivity contribution in [2.24, 2.45) is 0 Å². The van der Waals surface area contributed by atoms with Gasteiger partial charge in [-0.25, -0.2) is 9.59 Å². The number of fused-ring (bicyclic) bond motifs is 1. The lowest BCUT2D eigenvalue weighted by Crippen LogP contribution is -2.23. The van der Waals surface area contributed by atoms with E-state index < -0.39 is 11.6 Å². The second-order valence-corrected chi connectivity index (χ2v) is 6.44. The van der Waals surface area contributed by atoms with Gasteiger partial charge in [-0.15, -0.1) is 11.3 Å². The average molecular weight is 292 g/mol. The number of esters is 2. The summed E-state index contributed by atoms with van der Waals surface area (Å²) in [5.41, 5.74) is -0.0571. The molecule has 0 aliphatic heterocycles. The standard InChI is InChI=1S/C15H16O4S/c1-15(2,3)19-14(17)12-8-10-7-9(13(16)18-4)5-6-11(10)20-12/h5-8H,1-4H3. The summed E-state index contributed by atoms with van der Waals surface area (Å²) in [6.07, 6.45) is 0. The van der Waals surface area contributed by atoms with E-state index in [0.717, 1.165) is 10.1 Å². The molecule has 0 saturated carbocycles.